The number of nitrogens with one attached hydrogen (secondary N) is 1. The standard InChI is InChI=1S/C16H23N3/c1-12(16(3)8-9-16)17-10-11-19-13(2)18-14-6-4-5-7-15(14)19/h4-7,12,17H,8-11H2,1-3H3. The van der Waals surface area contributed by atoms with Crippen molar-refractivity contribution in [1.82, 2.24) is 14.9 Å². The minimum Gasteiger partial charge on any atom is -0.327 e. The normalized spacial score (nSPS) is 18.7. The van der Waals surface area contributed by atoms with Crippen LogP contribution < -0.4 is 5.32 Å². The maximum atomic E-state index is 4.61. The second kappa shape index (κ2) is 4.64. The summed E-state index contributed by atoms with van der Waals surface area (Å²) < 4.78 is 2.31. The Balaban J connectivity index is 1.66. The summed E-state index contributed by atoms with van der Waals surface area (Å²) in [5, 5.41) is 3.67. The molecule has 1 fully saturated rings. The highest BCUT2D eigenvalue weighted by atomic mass is 15.1. The highest BCUT2D eigenvalue weighted by Crippen LogP contribution is 2.47. The van der Waals surface area contributed by atoms with Crippen LogP contribution in [-0.4, -0.2) is 22.1 Å². The molecule has 1 aromatic heterocycles. The van der Waals surface area contributed by atoms with Crippen molar-refractivity contribution in [2.24, 2.45) is 5.41 Å². The van der Waals surface area contributed by atoms with Gasteiger partial charge in [0.05, 0.1) is 11.0 Å². The maximum Gasteiger partial charge on any atom is 0.106 e. The number of benzene rings is 1. The Morgan fingerprint density at radius 3 is 2.84 bits per heavy atom. The monoisotopic (exact) mass is 257 g/mol. The van der Waals surface area contributed by atoms with Crippen molar-refractivity contribution in [3.8, 4) is 0 Å². The summed E-state index contributed by atoms with van der Waals surface area (Å²) in [4.78, 5) is 4.61. The molecule has 0 radical (unpaired) electrons. The van der Waals surface area contributed by atoms with E-state index in [4.69, 9.17) is 0 Å². The number of fused-ring (bicyclic) bond motifs is 1. The molecule has 1 heterocycles. The van der Waals surface area contributed by atoms with Gasteiger partial charge in [-0.1, -0.05) is 19.1 Å². The van der Waals surface area contributed by atoms with E-state index >= 15 is 0 Å². The second-order valence-electron chi connectivity index (χ2n) is 6.13. The van der Waals surface area contributed by atoms with E-state index in [0.717, 1.165) is 24.4 Å². The van der Waals surface area contributed by atoms with Gasteiger partial charge in [-0.25, -0.2) is 4.98 Å². The molecule has 3 rings (SSSR count). The van der Waals surface area contributed by atoms with E-state index in [-0.39, 0.29) is 0 Å². The van der Waals surface area contributed by atoms with Crippen LogP contribution in [-0.2, 0) is 6.54 Å². The predicted molar refractivity (Wildman–Crippen MR) is 79.3 cm³/mol. The van der Waals surface area contributed by atoms with Crippen LogP contribution in [0.1, 0.15) is 32.5 Å². The third-order valence-electron chi connectivity index (χ3n) is 4.72. The number of para-hydroxylation sites is 2. The second-order valence-corrected chi connectivity index (χ2v) is 6.13. The fraction of sp³-hybridized carbons (Fsp3) is 0.562. The summed E-state index contributed by atoms with van der Waals surface area (Å²) in [5.41, 5.74) is 2.89. The number of rotatable bonds is 5. The molecule has 1 saturated carbocycles. The summed E-state index contributed by atoms with van der Waals surface area (Å²) in [6.45, 7) is 8.78. The quantitative estimate of drug-likeness (QED) is 0.892. The smallest absolute Gasteiger partial charge is 0.106 e. The molecule has 0 bridgehead atoms. The number of hydrogen-bond acceptors (Lipinski definition) is 2. The van der Waals surface area contributed by atoms with Crippen molar-refractivity contribution < 1.29 is 0 Å². The van der Waals surface area contributed by atoms with E-state index in [0.29, 0.717) is 11.5 Å². The first kappa shape index (κ1) is 12.7. The first-order chi connectivity index (χ1) is 9.10. The molecule has 1 atom stereocenters. The zero-order valence-electron chi connectivity index (χ0n) is 12.1. The maximum absolute atomic E-state index is 4.61. The first-order valence-corrected chi connectivity index (χ1v) is 7.25. The van der Waals surface area contributed by atoms with Crippen molar-refractivity contribution in [2.45, 2.75) is 46.2 Å². The lowest BCUT2D eigenvalue weighted by atomic mass is 10.0. The van der Waals surface area contributed by atoms with Crippen LogP contribution in [0.3, 0.4) is 0 Å². The summed E-state index contributed by atoms with van der Waals surface area (Å²) in [5.74, 6) is 1.10. The van der Waals surface area contributed by atoms with Gasteiger partial charge in [0.15, 0.2) is 0 Å². The van der Waals surface area contributed by atoms with Crippen molar-refractivity contribution in [1.29, 1.82) is 0 Å². The molecule has 0 spiro atoms. The molecule has 1 N–H and O–H groups in total. The van der Waals surface area contributed by atoms with Crippen molar-refractivity contribution in [3.63, 3.8) is 0 Å². The molecule has 3 heteroatoms. The molecule has 1 aliphatic carbocycles. The lowest BCUT2D eigenvalue weighted by Crippen LogP contribution is -2.35. The third kappa shape index (κ3) is 2.39. The van der Waals surface area contributed by atoms with Crippen LogP contribution in [0.2, 0.25) is 0 Å². The number of aryl methyl sites for hydroxylation is 1. The average Bonchev–Trinajstić information content (AvgIpc) is 3.07. The van der Waals surface area contributed by atoms with Crippen molar-refractivity contribution in [2.75, 3.05) is 6.54 Å². The van der Waals surface area contributed by atoms with E-state index in [1.54, 1.807) is 0 Å². The predicted octanol–water partition coefficient (Wildman–Crippen LogP) is 3.12. The summed E-state index contributed by atoms with van der Waals surface area (Å²) >= 11 is 0. The molecule has 1 aromatic carbocycles. The van der Waals surface area contributed by atoms with Crippen LogP contribution >= 0.6 is 0 Å². The van der Waals surface area contributed by atoms with Crippen LogP contribution in [0.5, 0.6) is 0 Å². The zero-order chi connectivity index (χ0) is 13.5. The third-order valence-corrected chi connectivity index (χ3v) is 4.72. The minimum atomic E-state index is 0.548. The van der Waals surface area contributed by atoms with Gasteiger partial charge in [-0.05, 0) is 44.2 Å². The van der Waals surface area contributed by atoms with Gasteiger partial charge in [0, 0.05) is 19.1 Å². The fourth-order valence-corrected chi connectivity index (χ4v) is 2.75. The zero-order valence-corrected chi connectivity index (χ0v) is 12.1. The van der Waals surface area contributed by atoms with Gasteiger partial charge in [-0.2, -0.15) is 0 Å². The Hall–Kier alpha value is -1.35. The highest BCUT2D eigenvalue weighted by molar-refractivity contribution is 5.75. The number of aromatic nitrogens is 2. The van der Waals surface area contributed by atoms with E-state index in [1.807, 2.05) is 6.07 Å². The lowest BCUT2D eigenvalue weighted by Gasteiger charge is -2.20. The Morgan fingerprint density at radius 1 is 1.37 bits per heavy atom. The largest absolute Gasteiger partial charge is 0.327 e. The Morgan fingerprint density at radius 2 is 2.11 bits per heavy atom. The highest BCUT2D eigenvalue weighted by Gasteiger charge is 2.41. The summed E-state index contributed by atoms with van der Waals surface area (Å²) in [7, 11) is 0. The SMILES string of the molecule is Cc1nc2ccccc2n1CCNC(C)C1(C)CC1. The summed E-state index contributed by atoms with van der Waals surface area (Å²) in [6, 6.07) is 8.98. The molecule has 1 aliphatic rings. The van der Waals surface area contributed by atoms with Crippen molar-refractivity contribution >= 4 is 11.0 Å². The summed E-state index contributed by atoms with van der Waals surface area (Å²) in [6.07, 6.45) is 2.74. The van der Waals surface area contributed by atoms with E-state index in [1.165, 1.54) is 18.4 Å². The van der Waals surface area contributed by atoms with Gasteiger partial charge in [0.2, 0.25) is 0 Å². The molecular formula is C16H23N3. The molecular weight excluding hydrogens is 234 g/mol. The molecule has 19 heavy (non-hydrogen) atoms. The Bertz CT molecular complexity index is 581. The van der Waals surface area contributed by atoms with Crippen LogP contribution in [0.25, 0.3) is 11.0 Å². The van der Waals surface area contributed by atoms with Gasteiger partial charge in [-0.15, -0.1) is 0 Å². The number of nitrogens with zero attached hydrogens (tertiary/aromatic N) is 2. The van der Waals surface area contributed by atoms with Gasteiger partial charge < -0.3 is 9.88 Å². The molecule has 1 unspecified atom stereocenters. The number of hydrogen-bond donors (Lipinski definition) is 1. The lowest BCUT2D eigenvalue weighted by molar-refractivity contribution is 0.374. The van der Waals surface area contributed by atoms with Crippen LogP contribution in [0.4, 0.5) is 0 Å². The van der Waals surface area contributed by atoms with Gasteiger partial charge in [0.25, 0.3) is 0 Å². The molecule has 0 amide bonds. The van der Waals surface area contributed by atoms with Gasteiger partial charge >= 0.3 is 0 Å². The van der Waals surface area contributed by atoms with E-state index < -0.39 is 0 Å². The van der Waals surface area contributed by atoms with Crippen molar-refractivity contribution in [3.05, 3.63) is 30.1 Å². The average molecular weight is 257 g/mol. The molecule has 0 saturated heterocycles. The van der Waals surface area contributed by atoms with E-state index in [9.17, 15) is 0 Å². The Kier molecular flexibility index (Phi) is 3.09. The van der Waals surface area contributed by atoms with Crippen LogP contribution in [0, 0.1) is 12.3 Å². The van der Waals surface area contributed by atoms with E-state index in [2.05, 4.69) is 53.8 Å². The molecule has 2 aromatic rings. The minimum absolute atomic E-state index is 0.548. The number of imidazole rings is 1. The fourth-order valence-electron chi connectivity index (χ4n) is 2.75. The first-order valence-electron chi connectivity index (χ1n) is 7.25. The molecule has 3 nitrogen and oxygen atoms in total. The van der Waals surface area contributed by atoms with Gasteiger partial charge in [0.1, 0.15) is 5.82 Å². The van der Waals surface area contributed by atoms with Gasteiger partial charge in [-0.3, -0.25) is 0 Å². The molecule has 0 aliphatic heterocycles. The van der Waals surface area contributed by atoms with Crippen LogP contribution in [0.15, 0.2) is 24.3 Å². The molecule has 102 valence electrons. The Labute approximate surface area is 115 Å². The topological polar surface area (TPSA) is 29.9 Å².